The molecule has 589 valence electrons. The van der Waals surface area contributed by atoms with E-state index in [2.05, 4.69) is 38.8 Å². The summed E-state index contributed by atoms with van der Waals surface area (Å²) >= 11 is 14.6. The molecule has 9 fully saturated rings. The second-order valence-corrected chi connectivity index (χ2v) is 35.4. The lowest BCUT2D eigenvalue weighted by molar-refractivity contribution is -0.325. The highest BCUT2D eigenvalue weighted by molar-refractivity contribution is 8.55. The van der Waals surface area contributed by atoms with Crippen LogP contribution in [0.4, 0.5) is 0 Å². The summed E-state index contributed by atoms with van der Waals surface area (Å²) in [5, 5.41) is 25.4. The lowest BCUT2D eigenvalue weighted by Crippen LogP contribution is -2.34. The molecular formula is C55H101B10O32P4S4-2. The second kappa shape index (κ2) is 52.7. The number of hydrogen-bond donors (Lipinski definition) is 4. The lowest BCUT2D eigenvalue weighted by atomic mass is 9.51. The number of fused-ring (bicyclic) bond motifs is 1. The standard InChI is InChI=1S/C13H23B3O8PS.C13H23B3O7PS.C12H19B3O7PS.C7H14O3.C6H11BO3S.C3H9O3P.CH3O/c1-18-5-9-11(12(26)13(14)23-9)24-25(17,20-3)21-6-8-7(19-2)4-10(16-15)22-8;1-7-12(10(5-18-2)22-13(7)14)23-24(17,25)20-6-9-8(19-3)4-11(16-15)21-9;1-17-4-8-10-11(12(13)21-8)24-23(16,22-10)19-5-7-6(18-2)3-9(15-14)20-7;1-5-3-6(9-2)7(4-8)10-5;1-9-2-3-4(8)5(11)6(7)10-3;1-4-7(5-2)6-3;1-2/h7-13,26H,4-6H2,1-3H3;7-13H,4-6H2,1-3H3,(H,17,25);6-12H,3-5H2,1-2H3;5-8H,3-4H2,1-2H3;3-6,8,11H,2H2,1H3;1-3H3;1H3/q;;;;;;-1/p-1/t7?,8-,9-,10-,11?,12+,13-,25?;7-,8?,9-,10-,11-,12?,13-,24?;6?,7-,8-,9-,10?,11+,12-,23?;5-,6?,7+;3-,4?,5+,6-;;/m11101../s1. The molecule has 11 unspecified atom stereocenters. The van der Waals surface area contributed by atoms with Crippen molar-refractivity contribution in [2.75, 3.05) is 145 Å². The molecule has 32 nitrogen and oxygen atoms in total. The molecule has 31 atom stereocenters. The van der Waals surface area contributed by atoms with Gasteiger partial charge in [-0.2, -0.15) is 32.4 Å². The molecule has 9 heterocycles. The topological polar surface area (TPSA) is 361 Å². The first-order valence-corrected chi connectivity index (χ1v) is 42.3. The van der Waals surface area contributed by atoms with E-state index in [1.165, 1.54) is 42.8 Å². The predicted octanol–water partition coefficient (Wildman–Crippen LogP) is -1.48. The maximum atomic E-state index is 12.9. The van der Waals surface area contributed by atoms with Crippen molar-refractivity contribution >= 4 is 154 Å². The number of hydrogen-bond acceptors (Lipinski definition) is 36. The first-order chi connectivity index (χ1) is 50.0. The van der Waals surface area contributed by atoms with Gasteiger partial charge in [-0.15, -0.1) is 0 Å². The van der Waals surface area contributed by atoms with E-state index in [0.29, 0.717) is 32.5 Å². The quantitative estimate of drug-likeness (QED) is 0.0331. The van der Waals surface area contributed by atoms with Crippen LogP contribution in [0.3, 0.4) is 0 Å². The molecule has 105 heavy (non-hydrogen) atoms. The van der Waals surface area contributed by atoms with E-state index < -0.39 is 108 Å². The average molecular weight is 1630 g/mol. The zero-order chi connectivity index (χ0) is 78.9. The van der Waals surface area contributed by atoms with E-state index in [9.17, 15) is 19.1 Å². The fourth-order valence-electron chi connectivity index (χ4n) is 11.7. The Morgan fingerprint density at radius 1 is 0.552 bits per heavy atom. The number of thiol groups is 2. The van der Waals surface area contributed by atoms with Crippen LogP contribution in [-0.4, -0.2) is 393 Å². The molecule has 9 aliphatic heterocycles. The number of rotatable bonds is 33. The summed E-state index contributed by atoms with van der Waals surface area (Å²) in [5.41, 5.74) is 0. The molecule has 0 spiro atoms. The summed E-state index contributed by atoms with van der Waals surface area (Å²) in [6, 6.07) is -2.99. The molecule has 0 aromatic rings. The highest BCUT2D eigenvalue weighted by Gasteiger charge is 2.57. The van der Waals surface area contributed by atoms with Gasteiger partial charge in [0.2, 0.25) is 0 Å². The molecule has 2 N–H and O–H groups in total. The minimum atomic E-state index is -3.91. The highest BCUT2D eigenvalue weighted by Crippen LogP contribution is 2.71. The summed E-state index contributed by atoms with van der Waals surface area (Å²) < 4.78 is 163. The molecule has 0 aromatic heterocycles. The Bertz CT molecular complexity index is 2460. The van der Waals surface area contributed by atoms with Crippen molar-refractivity contribution in [3.05, 3.63) is 0 Å². The van der Waals surface area contributed by atoms with Crippen molar-refractivity contribution < 1.29 is 150 Å². The van der Waals surface area contributed by atoms with E-state index in [4.69, 9.17) is 184 Å². The molecule has 0 saturated carbocycles. The number of aliphatic hydroxyl groups is 2. The van der Waals surface area contributed by atoms with Crippen LogP contribution in [0.25, 0.3) is 0 Å². The Hall–Kier alpha value is 2.04. The number of phosphoric ester groups is 1. The minimum Gasteiger partial charge on any atom is -0.857 e. The van der Waals surface area contributed by atoms with Gasteiger partial charge in [0.05, 0.1) is 122 Å². The second-order valence-electron chi connectivity index (χ2n) is 24.1. The Balaban J connectivity index is 0.000000343. The molecule has 9 aliphatic rings. The van der Waals surface area contributed by atoms with E-state index in [0.717, 1.165) is 24.9 Å². The van der Waals surface area contributed by atoms with Crippen LogP contribution in [0.15, 0.2) is 0 Å². The smallest absolute Gasteiger partial charge is 0.475 e. The third-order valence-corrected chi connectivity index (χ3v) is 26.3. The molecule has 17 radical (unpaired) electrons. The van der Waals surface area contributed by atoms with Crippen molar-refractivity contribution in [3.8, 4) is 0 Å². The highest BCUT2D eigenvalue weighted by atomic mass is 32.7. The molecular weight excluding hydrogens is 1530 g/mol. The van der Waals surface area contributed by atoms with Gasteiger partial charge < -0.3 is 119 Å². The SMILES string of the molecule is COC1C[C@H](C)O[C@@H]1CO.COP(OC)OC.C[O-].[B][B][C@H]1CC(OC)[C@@H](COP(=O)(OC)OC2[C@@H](COC)O[C@@H]([B])[C@H]2S)O1.[B][B][C@H]1CC(OC)[C@@H](COP([O-])(=S)OC2[C@@H](C)[C@H]([B])O[C@@H]2COC)O1.[B][B][C@H]1CC(OC)[C@@H](COP2(=O)OC3[C@@H](COC)O[C@@H]([B])[C@H]3S2)O1.[B][C@@H]1O[C@H](COC)C(O)[C@@H]1S. The molecule has 0 amide bonds. The predicted molar refractivity (Wildman–Crippen MR) is 404 cm³/mol. The van der Waals surface area contributed by atoms with Crippen molar-refractivity contribution in [2.45, 2.75) is 201 Å². The van der Waals surface area contributed by atoms with Crippen molar-refractivity contribution in [1.29, 1.82) is 0 Å². The number of methoxy groups -OCH3 is 8. The van der Waals surface area contributed by atoms with Crippen molar-refractivity contribution in [2.24, 2.45) is 5.92 Å². The van der Waals surface area contributed by atoms with Gasteiger partial charge in [0.15, 0.2) is 0 Å². The molecule has 0 aromatic carbocycles. The number of phosphoric acid groups is 1. The van der Waals surface area contributed by atoms with Crippen LogP contribution in [0, 0.1) is 5.92 Å². The van der Waals surface area contributed by atoms with Gasteiger partial charge in [0.25, 0.3) is 0 Å². The van der Waals surface area contributed by atoms with E-state index in [-0.39, 0.29) is 129 Å². The summed E-state index contributed by atoms with van der Waals surface area (Å²) in [7, 11) is 58.2. The van der Waals surface area contributed by atoms with Crippen molar-refractivity contribution in [1.82, 2.24) is 0 Å². The van der Waals surface area contributed by atoms with E-state index >= 15 is 0 Å². The fourth-order valence-corrected chi connectivity index (χ4v) is 19.8. The molecule has 0 bridgehead atoms. The molecule has 0 aliphatic carbocycles. The summed E-state index contributed by atoms with van der Waals surface area (Å²) in [6.45, 7) is -2.08. The van der Waals surface area contributed by atoms with Gasteiger partial charge >= 0.3 is 23.2 Å². The first kappa shape index (κ1) is 101. The van der Waals surface area contributed by atoms with Crippen LogP contribution in [0.1, 0.15) is 39.5 Å². The maximum Gasteiger partial charge on any atom is 0.475 e. The van der Waals surface area contributed by atoms with Crippen LogP contribution in [0.2, 0.25) is 0 Å². The maximum absolute atomic E-state index is 12.9. The molecule has 9 rings (SSSR count). The van der Waals surface area contributed by atoms with Crippen LogP contribution in [-0.2, 0) is 142 Å². The summed E-state index contributed by atoms with van der Waals surface area (Å²) in [4.78, 5) is 12.6. The summed E-state index contributed by atoms with van der Waals surface area (Å²) in [5.74, 6) is -0.203. The number of aliphatic hydroxyl groups excluding tert-OH is 2. The fraction of sp³-hybridized carbons (Fsp3) is 1.00. The zero-order valence-corrected chi connectivity index (χ0v) is 69.1. The van der Waals surface area contributed by atoms with E-state index in [1.807, 2.05) is 13.8 Å². The van der Waals surface area contributed by atoms with Gasteiger partial charge in [0, 0.05) is 173 Å². The first-order valence-electron chi connectivity index (χ1n) is 33.2. The Labute approximate surface area is 653 Å². The third-order valence-electron chi connectivity index (χ3n) is 17.1. The largest absolute Gasteiger partial charge is 0.857 e. The van der Waals surface area contributed by atoms with Crippen LogP contribution < -0.4 is 10.00 Å². The summed E-state index contributed by atoms with van der Waals surface area (Å²) in [6.07, 6.45) is -3.00. The third kappa shape index (κ3) is 32.1. The van der Waals surface area contributed by atoms with E-state index in [1.54, 1.807) is 64.0 Å². The van der Waals surface area contributed by atoms with Gasteiger partial charge in [-0.25, -0.2) is 9.13 Å². The average Bonchev–Trinajstić information content (AvgIpc) is 1.61. The van der Waals surface area contributed by atoms with Gasteiger partial charge in [0.1, 0.15) is 99.1 Å². The molecule has 50 heteroatoms. The number of ether oxygens (including phenoxy) is 16. The normalized spacial score (nSPS) is 39.8. The van der Waals surface area contributed by atoms with Crippen LogP contribution >= 0.6 is 66.6 Å². The van der Waals surface area contributed by atoms with Gasteiger partial charge in [-0.3, -0.25) is 22.6 Å². The zero-order valence-electron chi connectivity index (χ0n) is 62.1. The Kier molecular flexibility index (Phi) is 50.8. The van der Waals surface area contributed by atoms with Crippen molar-refractivity contribution in [3.63, 3.8) is 0 Å². The Morgan fingerprint density at radius 2 is 0.971 bits per heavy atom. The van der Waals surface area contributed by atoms with Gasteiger partial charge in [-0.1, -0.05) is 18.7 Å². The lowest BCUT2D eigenvalue weighted by Gasteiger charge is -2.34. The Morgan fingerprint density at radius 3 is 1.39 bits per heavy atom. The molecule has 9 saturated heterocycles. The van der Waals surface area contributed by atoms with Gasteiger partial charge in [-0.05, 0) is 37.6 Å². The monoisotopic (exact) mass is 1640 g/mol. The minimum absolute atomic E-state index is 0.0212. The van der Waals surface area contributed by atoms with Crippen LogP contribution in [0.5, 0.6) is 0 Å².